The van der Waals surface area contributed by atoms with Crippen LogP contribution in [0.15, 0.2) is 36.4 Å². The lowest BCUT2D eigenvalue weighted by molar-refractivity contribution is -0.385. The molecule has 160 valence electrons. The number of rotatable bonds is 8. The minimum atomic E-state index is -1.19. The highest BCUT2D eigenvalue weighted by atomic mass is 16.6. The molecule has 0 radical (unpaired) electrons. The smallest absolute Gasteiger partial charge is 0.346 e. The summed E-state index contributed by atoms with van der Waals surface area (Å²) in [6, 6.07) is 9.50. The number of esters is 1. The number of hydrogen-bond donors (Lipinski definition) is 1. The summed E-state index contributed by atoms with van der Waals surface area (Å²) in [6.45, 7) is 5.49. The largest absolute Gasteiger partial charge is 0.493 e. The van der Waals surface area contributed by atoms with Crippen molar-refractivity contribution in [3.05, 3.63) is 57.6 Å². The van der Waals surface area contributed by atoms with Crippen molar-refractivity contribution in [1.29, 1.82) is 0 Å². The second kappa shape index (κ2) is 9.73. The van der Waals surface area contributed by atoms with E-state index in [-0.39, 0.29) is 17.1 Å². The van der Waals surface area contributed by atoms with E-state index in [0.29, 0.717) is 11.6 Å². The Bertz CT molecular complexity index is 939. The predicted molar refractivity (Wildman–Crippen MR) is 110 cm³/mol. The molecule has 2 aromatic rings. The van der Waals surface area contributed by atoms with Crippen molar-refractivity contribution in [2.24, 2.45) is 0 Å². The number of nitrogens with zero attached hydrogens (tertiary/aromatic N) is 1. The van der Waals surface area contributed by atoms with Crippen molar-refractivity contribution in [2.75, 3.05) is 19.5 Å². The quantitative estimate of drug-likeness (QED) is 0.394. The van der Waals surface area contributed by atoms with E-state index in [0.717, 1.165) is 17.7 Å². The average Bonchev–Trinajstić information content (AvgIpc) is 2.72. The van der Waals surface area contributed by atoms with Gasteiger partial charge < -0.3 is 19.5 Å². The van der Waals surface area contributed by atoms with Gasteiger partial charge >= 0.3 is 5.97 Å². The number of carbonyl (C=O) groups is 2. The maximum absolute atomic E-state index is 12.5. The lowest BCUT2D eigenvalue weighted by atomic mass is 10.0. The van der Waals surface area contributed by atoms with Gasteiger partial charge in [-0.25, -0.2) is 4.79 Å². The van der Waals surface area contributed by atoms with Crippen molar-refractivity contribution >= 4 is 23.3 Å². The Morgan fingerprint density at radius 3 is 2.07 bits per heavy atom. The fraction of sp³-hybridized carbons (Fsp3) is 0.333. The van der Waals surface area contributed by atoms with E-state index in [4.69, 9.17) is 14.2 Å². The van der Waals surface area contributed by atoms with E-state index >= 15 is 0 Å². The predicted octanol–water partition coefficient (Wildman–Crippen LogP) is 3.92. The van der Waals surface area contributed by atoms with E-state index in [2.05, 4.69) is 19.2 Å². The Hall–Kier alpha value is -3.62. The molecule has 0 saturated carbocycles. The van der Waals surface area contributed by atoms with Crippen molar-refractivity contribution in [3.8, 4) is 11.5 Å². The van der Waals surface area contributed by atoms with Gasteiger partial charge in [-0.15, -0.1) is 0 Å². The Balaban J connectivity index is 2.16. The molecule has 0 fully saturated rings. The lowest BCUT2D eigenvalue weighted by Gasteiger charge is -2.15. The van der Waals surface area contributed by atoms with Gasteiger partial charge in [0.05, 0.1) is 25.2 Å². The second-order valence-corrected chi connectivity index (χ2v) is 6.79. The molecule has 2 aromatic carbocycles. The van der Waals surface area contributed by atoms with Crippen molar-refractivity contribution in [3.63, 3.8) is 0 Å². The summed E-state index contributed by atoms with van der Waals surface area (Å²) >= 11 is 0. The molecule has 0 aromatic heterocycles. The van der Waals surface area contributed by atoms with Gasteiger partial charge in [0.15, 0.2) is 17.6 Å². The van der Waals surface area contributed by atoms with Crippen LogP contribution in [0, 0.1) is 10.1 Å². The van der Waals surface area contributed by atoms with Crippen molar-refractivity contribution in [2.45, 2.75) is 32.8 Å². The van der Waals surface area contributed by atoms with Gasteiger partial charge in [-0.1, -0.05) is 26.0 Å². The molecular formula is C21H24N2O7. The number of methoxy groups -OCH3 is 2. The Morgan fingerprint density at radius 1 is 1.00 bits per heavy atom. The molecular weight excluding hydrogens is 392 g/mol. The van der Waals surface area contributed by atoms with Crippen molar-refractivity contribution in [1.82, 2.24) is 0 Å². The van der Waals surface area contributed by atoms with Crippen LogP contribution in [0.25, 0.3) is 0 Å². The number of nitro benzene ring substituents is 1. The number of ether oxygens (including phenoxy) is 3. The summed E-state index contributed by atoms with van der Waals surface area (Å²) in [5.74, 6) is -1.02. The van der Waals surface area contributed by atoms with Crippen LogP contribution >= 0.6 is 0 Å². The number of benzene rings is 2. The molecule has 1 amide bonds. The summed E-state index contributed by atoms with van der Waals surface area (Å²) in [6.07, 6.45) is -1.19. The fourth-order valence-corrected chi connectivity index (χ4v) is 2.66. The fourth-order valence-electron chi connectivity index (χ4n) is 2.66. The van der Waals surface area contributed by atoms with E-state index < -0.39 is 28.6 Å². The molecule has 1 atom stereocenters. The summed E-state index contributed by atoms with van der Waals surface area (Å²) in [7, 11) is 2.65. The third-order valence-electron chi connectivity index (χ3n) is 4.42. The van der Waals surface area contributed by atoms with Gasteiger partial charge in [0.25, 0.3) is 11.6 Å². The van der Waals surface area contributed by atoms with Crippen LogP contribution in [-0.2, 0) is 9.53 Å². The number of carbonyl (C=O) groups excluding carboxylic acids is 2. The van der Waals surface area contributed by atoms with Gasteiger partial charge in [0.1, 0.15) is 5.56 Å². The van der Waals surface area contributed by atoms with Gasteiger partial charge in [-0.05, 0) is 30.5 Å². The number of nitrogens with one attached hydrogen (secondary N) is 1. The van der Waals surface area contributed by atoms with Crippen LogP contribution in [0.2, 0.25) is 0 Å². The highest BCUT2D eigenvalue weighted by molar-refractivity contribution is 5.99. The third kappa shape index (κ3) is 5.25. The molecule has 0 saturated heterocycles. The first-order valence-corrected chi connectivity index (χ1v) is 9.20. The maximum atomic E-state index is 12.5. The highest BCUT2D eigenvalue weighted by Crippen LogP contribution is 2.35. The molecule has 0 bridgehead atoms. The third-order valence-corrected chi connectivity index (χ3v) is 4.42. The van der Waals surface area contributed by atoms with Gasteiger partial charge in [0, 0.05) is 11.8 Å². The number of nitro groups is 1. The zero-order valence-corrected chi connectivity index (χ0v) is 17.4. The van der Waals surface area contributed by atoms with E-state index in [1.165, 1.54) is 21.1 Å². The second-order valence-electron chi connectivity index (χ2n) is 6.79. The maximum Gasteiger partial charge on any atom is 0.346 e. The zero-order valence-electron chi connectivity index (χ0n) is 17.4. The highest BCUT2D eigenvalue weighted by Gasteiger charge is 2.28. The van der Waals surface area contributed by atoms with E-state index in [9.17, 15) is 19.7 Å². The Labute approximate surface area is 174 Å². The van der Waals surface area contributed by atoms with Gasteiger partial charge in [0.2, 0.25) is 0 Å². The van der Waals surface area contributed by atoms with Crippen LogP contribution in [0.5, 0.6) is 11.5 Å². The minimum absolute atomic E-state index is 0.0939. The monoisotopic (exact) mass is 416 g/mol. The molecule has 0 heterocycles. The Morgan fingerprint density at radius 2 is 1.57 bits per heavy atom. The minimum Gasteiger partial charge on any atom is -0.493 e. The topological polar surface area (TPSA) is 117 Å². The number of anilines is 1. The molecule has 0 aliphatic carbocycles. The first kappa shape index (κ1) is 22.7. The molecule has 0 unspecified atom stereocenters. The zero-order chi connectivity index (χ0) is 22.4. The molecule has 9 heteroatoms. The summed E-state index contributed by atoms with van der Waals surface area (Å²) in [4.78, 5) is 35.5. The molecule has 9 nitrogen and oxygen atoms in total. The van der Waals surface area contributed by atoms with Gasteiger partial charge in [-0.3, -0.25) is 14.9 Å². The molecule has 2 rings (SSSR count). The first-order chi connectivity index (χ1) is 14.2. The van der Waals surface area contributed by atoms with Crippen molar-refractivity contribution < 1.29 is 28.7 Å². The number of hydrogen-bond acceptors (Lipinski definition) is 7. The normalized spacial score (nSPS) is 11.5. The Kier molecular flexibility index (Phi) is 7.35. The van der Waals surface area contributed by atoms with Crippen LogP contribution < -0.4 is 14.8 Å². The van der Waals surface area contributed by atoms with Crippen LogP contribution in [0.4, 0.5) is 11.4 Å². The van der Waals surface area contributed by atoms with Gasteiger partial charge in [-0.2, -0.15) is 0 Å². The summed E-state index contributed by atoms with van der Waals surface area (Å²) in [5, 5.41) is 14.0. The first-order valence-electron chi connectivity index (χ1n) is 9.20. The van der Waals surface area contributed by atoms with Crippen LogP contribution in [0.3, 0.4) is 0 Å². The lowest BCUT2D eigenvalue weighted by Crippen LogP contribution is -2.30. The van der Waals surface area contributed by atoms with Crippen LogP contribution in [0.1, 0.15) is 42.6 Å². The number of amides is 1. The molecule has 30 heavy (non-hydrogen) atoms. The SMILES string of the molecule is COc1cc(C(=O)O[C@@H](C)C(=O)Nc2ccc(C(C)C)cc2)c([N+](=O)[O-])cc1OC. The molecule has 0 aliphatic rings. The summed E-state index contributed by atoms with van der Waals surface area (Å²) in [5.41, 5.74) is 0.797. The van der Waals surface area contributed by atoms with E-state index in [1.54, 1.807) is 12.1 Å². The molecule has 1 N–H and O–H groups in total. The molecule has 0 aliphatic heterocycles. The van der Waals surface area contributed by atoms with E-state index in [1.807, 2.05) is 12.1 Å². The average molecular weight is 416 g/mol. The standard InChI is InChI=1S/C21H24N2O7/c1-12(2)14-6-8-15(9-7-14)22-20(24)13(3)30-21(25)16-10-18(28-4)19(29-5)11-17(16)23(26)27/h6-13H,1-5H3,(H,22,24)/t13-/m0/s1. The summed E-state index contributed by atoms with van der Waals surface area (Å²) < 4.78 is 15.3. The van der Waals surface area contributed by atoms with Crippen LogP contribution in [-0.4, -0.2) is 37.1 Å². The molecule has 0 spiro atoms.